The van der Waals surface area contributed by atoms with E-state index in [0.29, 0.717) is 5.75 Å². The number of aryl methyl sites for hydroxylation is 1. The molecule has 0 saturated heterocycles. The van der Waals surface area contributed by atoms with Gasteiger partial charge < -0.3 is 20.5 Å². The van der Waals surface area contributed by atoms with Crippen LogP contribution in [0.15, 0.2) is 42.5 Å². The van der Waals surface area contributed by atoms with Crippen LogP contribution < -0.4 is 20.5 Å². The molecular weight excluding hydrogens is 344 g/mol. The highest BCUT2D eigenvalue weighted by Crippen LogP contribution is 2.30. The molecule has 1 aliphatic carbocycles. The molecule has 27 heavy (non-hydrogen) atoms. The highest BCUT2D eigenvalue weighted by molar-refractivity contribution is 5.96. The van der Waals surface area contributed by atoms with E-state index in [2.05, 4.69) is 17.4 Å². The molecule has 3 rings (SSSR count). The molecule has 0 radical (unpaired) electrons. The third-order valence-corrected chi connectivity index (χ3v) is 4.81. The fourth-order valence-electron chi connectivity index (χ4n) is 3.37. The van der Waals surface area contributed by atoms with Crippen molar-refractivity contribution in [1.29, 1.82) is 0 Å². The molecule has 6 heteroatoms. The Kier molecular flexibility index (Phi) is 5.64. The molecule has 2 aromatic rings. The second-order valence-corrected chi connectivity index (χ2v) is 6.64. The molecule has 2 atom stereocenters. The number of nitrogens with two attached hydrogens (primary N) is 1. The standard InChI is InChI=1S/C21H24N2O4/c1-13(27-19-12-15(26-2)10-11-17(19)20(22)24)21(25)23-18-9-5-7-14-6-3-4-8-16(14)18/h3-4,6,8,10-13,18H,5,7,9H2,1-2H3,(H2,22,24)(H,23,25)/t13-,18-/m0/s1. The Morgan fingerprint density at radius 2 is 2.00 bits per heavy atom. The van der Waals surface area contributed by atoms with Crippen LogP contribution in [0.25, 0.3) is 0 Å². The van der Waals surface area contributed by atoms with Crippen LogP contribution in [-0.2, 0) is 11.2 Å². The van der Waals surface area contributed by atoms with Gasteiger partial charge in [-0.2, -0.15) is 0 Å². The van der Waals surface area contributed by atoms with Gasteiger partial charge >= 0.3 is 0 Å². The predicted molar refractivity (Wildman–Crippen MR) is 102 cm³/mol. The molecule has 6 nitrogen and oxygen atoms in total. The third-order valence-electron chi connectivity index (χ3n) is 4.81. The first-order chi connectivity index (χ1) is 13.0. The van der Waals surface area contributed by atoms with Crippen molar-refractivity contribution in [3.63, 3.8) is 0 Å². The number of ether oxygens (including phenoxy) is 2. The SMILES string of the molecule is COc1ccc(C(N)=O)c(O[C@@H](C)C(=O)N[C@H]2CCCc3ccccc32)c1. The Bertz CT molecular complexity index is 850. The van der Waals surface area contributed by atoms with Crippen molar-refractivity contribution in [1.82, 2.24) is 5.32 Å². The predicted octanol–water partition coefficient (Wildman–Crippen LogP) is 2.76. The summed E-state index contributed by atoms with van der Waals surface area (Å²) in [4.78, 5) is 24.3. The number of carbonyl (C=O) groups excluding carboxylic acids is 2. The van der Waals surface area contributed by atoms with Gasteiger partial charge in [0.25, 0.3) is 11.8 Å². The van der Waals surface area contributed by atoms with Gasteiger partial charge in [0.1, 0.15) is 11.5 Å². The molecule has 0 aliphatic heterocycles. The second-order valence-electron chi connectivity index (χ2n) is 6.64. The third kappa shape index (κ3) is 4.22. The number of nitrogens with one attached hydrogen (secondary N) is 1. The molecule has 3 N–H and O–H groups in total. The van der Waals surface area contributed by atoms with E-state index in [0.717, 1.165) is 24.8 Å². The van der Waals surface area contributed by atoms with Crippen molar-refractivity contribution in [2.75, 3.05) is 7.11 Å². The molecule has 0 aromatic heterocycles. The normalized spacial score (nSPS) is 16.7. The number of benzene rings is 2. The summed E-state index contributed by atoms with van der Waals surface area (Å²) in [5.41, 5.74) is 8.03. The second kappa shape index (κ2) is 8.12. The van der Waals surface area contributed by atoms with Gasteiger partial charge in [-0.3, -0.25) is 9.59 Å². The molecule has 142 valence electrons. The minimum atomic E-state index is -0.788. The van der Waals surface area contributed by atoms with Gasteiger partial charge in [-0.05, 0) is 49.4 Å². The summed E-state index contributed by atoms with van der Waals surface area (Å²) in [7, 11) is 1.51. The Balaban J connectivity index is 1.73. The van der Waals surface area contributed by atoms with Gasteiger partial charge in [0.2, 0.25) is 0 Å². The summed E-state index contributed by atoms with van der Waals surface area (Å²) >= 11 is 0. The van der Waals surface area contributed by atoms with Crippen LogP contribution in [0.4, 0.5) is 0 Å². The van der Waals surface area contributed by atoms with E-state index in [1.807, 2.05) is 12.1 Å². The number of fused-ring (bicyclic) bond motifs is 1. The van der Waals surface area contributed by atoms with E-state index >= 15 is 0 Å². The minimum absolute atomic E-state index is 0.0329. The van der Waals surface area contributed by atoms with Gasteiger partial charge in [0.05, 0.1) is 18.7 Å². The molecule has 0 bridgehead atoms. The summed E-state index contributed by atoms with van der Waals surface area (Å²) < 4.78 is 10.9. The van der Waals surface area contributed by atoms with Crippen LogP contribution in [0, 0.1) is 0 Å². The number of carbonyl (C=O) groups is 2. The Morgan fingerprint density at radius 1 is 1.22 bits per heavy atom. The van der Waals surface area contributed by atoms with E-state index in [1.165, 1.54) is 18.7 Å². The zero-order chi connectivity index (χ0) is 19.4. The summed E-state index contributed by atoms with van der Waals surface area (Å²) in [6.45, 7) is 1.65. The van der Waals surface area contributed by atoms with Crippen molar-refractivity contribution in [2.24, 2.45) is 5.73 Å². The summed E-state index contributed by atoms with van der Waals surface area (Å²) in [6.07, 6.45) is 2.16. The molecule has 0 saturated carbocycles. The highest BCUT2D eigenvalue weighted by atomic mass is 16.5. The monoisotopic (exact) mass is 368 g/mol. The van der Waals surface area contributed by atoms with Crippen LogP contribution in [0.2, 0.25) is 0 Å². The Labute approximate surface area is 158 Å². The summed E-state index contributed by atoms with van der Waals surface area (Å²) in [5, 5.41) is 3.06. The smallest absolute Gasteiger partial charge is 0.261 e. The number of primary amides is 1. The van der Waals surface area contributed by atoms with E-state index in [4.69, 9.17) is 15.2 Å². The number of hydrogen-bond acceptors (Lipinski definition) is 4. The first kappa shape index (κ1) is 18.8. The quantitative estimate of drug-likeness (QED) is 0.820. The van der Waals surface area contributed by atoms with Crippen molar-refractivity contribution in [3.8, 4) is 11.5 Å². The van der Waals surface area contributed by atoms with Crippen molar-refractivity contribution in [3.05, 3.63) is 59.2 Å². The average Bonchev–Trinajstić information content (AvgIpc) is 2.67. The van der Waals surface area contributed by atoms with E-state index < -0.39 is 12.0 Å². The lowest BCUT2D eigenvalue weighted by atomic mass is 9.87. The largest absolute Gasteiger partial charge is 0.497 e. The molecule has 1 aliphatic rings. The van der Waals surface area contributed by atoms with Gasteiger partial charge in [-0.25, -0.2) is 0 Å². The number of methoxy groups -OCH3 is 1. The van der Waals surface area contributed by atoms with Gasteiger partial charge in [0.15, 0.2) is 6.10 Å². The maximum Gasteiger partial charge on any atom is 0.261 e. The van der Waals surface area contributed by atoms with E-state index in [1.54, 1.807) is 19.1 Å². The first-order valence-electron chi connectivity index (χ1n) is 9.02. The molecule has 0 unspecified atom stereocenters. The van der Waals surface area contributed by atoms with Gasteiger partial charge in [-0.1, -0.05) is 24.3 Å². The lowest BCUT2D eigenvalue weighted by molar-refractivity contribution is -0.128. The lowest BCUT2D eigenvalue weighted by Crippen LogP contribution is -2.39. The summed E-state index contributed by atoms with van der Waals surface area (Å²) in [6, 6.07) is 12.8. The molecule has 0 spiro atoms. The van der Waals surface area contributed by atoms with E-state index in [9.17, 15) is 9.59 Å². The van der Waals surface area contributed by atoms with Crippen LogP contribution >= 0.6 is 0 Å². The number of hydrogen-bond donors (Lipinski definition) is 2. The molecule has 2 amide bonds. The van der Waals surface area contributed by atoms with Crippen molar-refractivity contribution < 1.29 is 19.1 Å². The molecule has 0 heterocycles. The zero-order valence-electron chi connectivity index (χ0n) is 15.5. The first-order valence-corrected chi connectivity index (χ1v) is 9.02. The van der Waals surface area contributed by atoms with Gasteiger partial charge in [-0.15, -0.1) is 0 Å². The van der Waals surface area contributed by atoms with Gasteiger partial charge in [0, 0.05) is 6.07 Å². The molecular formula is C21H24N2O4. The Morgan fingerprint density at radius 3 is 2.74 bits per heavy atom. The topological polar surface area (TPSA) is 90.7 Å². The van der Waals surface area contributed by atoms with Crippen molar-refractivity contribution >= 4 is 11.8 Å². The highest BCUT2D eigenvalue weighted by Gasteiger charge is 2.25. The minimum Gasteiger partial charge on any atom is -0.497 e. The average molecular weight is 368 g/mol. The maximum atomic E-state index is 12.7. The van der Waals surface area contributed by atoms with Crippen LogP contribution in [0.5, 0.6) is 11.5 Å². The lowest BCUT2D eigenvalue weighted by Gasteiger charge is -2.27. The summed E-state index contributed by atoms with van der Waals surface area (Å²) in [5.74, 6) is -0.117. The fraction of sp³-hybridized carbons (Fsp3) is 0.333. The Hall–Kier alpha value is -3.02. The molecule has 0 fully saturated rings. The van der Waals surface area contributed by atoms with E-state index in [-0.39, 0.29) is 23.3 Å². The number of amides is 2. The van der Waals surface area contributed by atoms with Crippen LogP contribution in [0.1, 0.15) is 47.3 Å². The van der Waals surface area contributed by atoms with Crippen LogP contribution in [0.3, 0.4) is 0 Å². The molecule has 2 aromatic carbocycles. The zero-order valence-corrected chi connectivity index (χ0v) is 15.5. The fourth-order valence-corrected chi connectivity index (χ4v) is 3.37. The van der Waals surface area contributed by atoms with Crippen molar-refractivity contribution in [2.45, 2.75) is 38.3 Å². The van der Waals surface area contributed by atoms with Crippen LogP contribution in [-0.4, -0.2) is 25.0 Å². The maximum absolute atomic E-state index is 12.7. The number of rotatable bonds is 6.